The molecule has 1 saturated heterocycles. The van der Waals surface area contributed by atoms with Crippen LogP contribution in [-0.2, 0) is 11.3 Å². The molecule has 1 unspecified atom stereocenters. The van der Waals surface area contributed by atoms with Crippen LogP contribution in [0.5, 0.6) is 6.01 Å². The molecule has 0 aromatic carbocycles. The molecule has 0 amide bonds. The molecule has 0 spiro atoms. The van der Waals surface area contributed by atoms with E-state index in [1.54, 1.807) is 4.57 Å². The predicted molar refractivity (Wildman–Crippen MR) is 95.8 cm³/mol. The normalized spacial score (nSPS) is 18.7. The van der Waals surface area contributed by atoms with Crippen LogP contribution in [0.2, 0.25) is 0 Å². The van der Waals surface area contributed by atoms with E-state index in [9.17, 15) is 4.79 Å². The van der Waals surface area contributed by atoms with Crippen LogP contribution in [0.3, 0.4) is 0 Å². The van der Waals surface area contributed by atoms with Gasteiger partial charge >= 0.3 is 11.7 Å². The van der Waals surface area contributed by atoms with Crippen molar-refractivity contribution in [2.24, 2.45) is 0 Å². The van der Waals surface area contributed by atoms with E-state index in [1.807, 2.05) is 6.92 Å². The largest absolute Gasteiger partial charge is 0.460 e. The van der Waals surface area contributed by atoms with E-state index in [0.717, 1.165) is 45.1 Å². The van der Waals surface area contributed by atoms with Crippen LogP contribution in [-0.4, -0.2) is 38.3 Å². The maximum Gasteiger partial charge on any atom is 0.327 e. The van der Waals surface area contributed by atoms with E-state index in [1.165, 1.54) is 0 Å². The van der Waals surface area contributed by atoms with Gasteiger partial charge in [0, 0.05) is 13.2 Å². The quantitative estimate of drug-likeness (QED) is 0.756. The summed E-state index contributed by atoms with van der Waals surface area (Å²) in [5, 5.41) is 0. The Balaban J connectivity index is 1.78. The number of nitrogens with zero attached hydrogens (tertiary/aromatic N) is 3. The minimum Gasteiger partial charge on any atom is -0.460 e. The zero-order valence-electron chi connectivity index (χ0n) is 15.0. The third-order valence-electron chi connectivity index (χ3n) is 4.56. The first-order valence-corrected chi connectivity index (χ1v) is 9.12. The number of nitrogens with two attached hydrogens (primary N) is 1. The van der Waals surface area contributed by atoms with Gasteiger partial charge in [0.1, 0.15) is 5.52 Å². The van der Waals surface area contributed by atoms with E-state index in [0.29, 0.717) is 23.8 Å². The second-order valence-corrected chi connectivity index (χ2v) is 6.67. The number of aromatic amines is 1. The number of anilines is 1. The summed E-state index contributed by atoms with van der Waals surface area (Å²) < 4.78 is 13.0. The lowest BCUT2D eigenvalue weighted by Gasteiger charge is -2.12. The lowest BCUT2D eigenvalue weighted by Crippen LogP contribution is -2.18. The number of rotatable bonds is 8. The lowest BCUT2D eigenvalue weighted by atomic mass is 10.1. The number of nitrogen functional groups attached to an aromatic ring is 1. The fourth-order valence-corrected chi connectivity index (χ4v) is 3.29. The zero-order valence-corrected chi connectivity index (χ0v) is 15.0. The van der Waals surface area contributed by atoms with Crippen LogP contribution in [0.1, 0.15) is 52.4 Å². The van der Waals surface area contributed by atoms with E-state index < -0.39 is 0 Å². The van der Waals surface area contributed by atoms with Gasteiger partial charge in [-0.15, -0.1) is 0 Å². The number of hydrogen-bond acceptors (Lipinski definition) is 6. The lowest BCUT2D eigenvalue weighted by molar-refractivity contribution is 0.101. The first-order valence-electron chi connectivity index (χ1n) is 9.12. The number of fused-ring (bicyclic) bond motifs is 1. The molecular weight excluding hydrogens is 322 g/mol. The predicted octanol–water partition coefficient (Wildman–Crippen LogP) is 2.23. The molecule has 3 heterocycles. The van der Waals surface area contributed by atoms with Crippen molar-refractivity contribution < 1.29 is 9.47 Å². The number of nitrogens with one attached hydrogen (secondary N) is 1. The fraction of sp³-hybridized carbons (Fsp3) is 0.706. The molecule has 0 aliphatic carbocycles. The minimum atomic E-state index is -0.220. The van der Waals surface area contributed by atoms with E-state index in [-0.39, 0.29) is 23.6 Å². The summed E-state index contributed by atoms with van der Waals surface area (Å²) in [7, 11) is 0. The van der Waals surface area contributed by atoms with Crippen LogP contribution in [0.4, 0.5) is 5.82 Å². The maximum atomic E-state index is 12.3. The highest BCUT2D eigenvalue weighted by atomic mass is 16.5. The molecule has 2 atom stereocenters. The van der Waals surface area contributed by atoms with Gasteiger partial charge in [-0.05, 0) is 39.0 Å². The van der Waals surface area contributed by atoms with Crippen LogP contribution >= 0.6 is 0 Å². The Morgan fingerprint density at radius 2 is 2.32 bits per heavy atom. The topological polar surface area (TPSA) is 108 Å². The molecule has 1 aliphatic heterocycles. The minimum absolute atomic E-state index is 0.000444. The Morgan fingerprint density at radius 3 is 3.04 bits per heavy atom. The number of hydrogen-bond donors (Lipinski definition) is 2. The van der Waals surface area contributed by atoms with Crippen molar-refractivity contribution in [3.05, 3.63) is 10.5 Å². The summed E-state index contributed by atoms with van der Waals surface area (Å²) in [4.78, 5) is 23.6. The molecule has 2 aromatic rings. The van der Waals surface area contributed by atoms with Gasteiger partial charge in [-0.1, -0.05) is 13.3 Å². The van der Waals surface area contributed by atoms with Gasteiger partial charge < -0.3 is 20.2 Å². The Bertz CT molecular complexity index is 763. The number of aromatic nitrogens is 4. The van der Waals surface area contributed by atoms with Crippen molar-refractivity contribution in [2.45, 2.75) is 71.1 Å². The van der Waals surface area contributed by atoms with Crippen molar-refractivity contribution in [3.63, 3.8) is 0 Å². The highest BCUT2D eigenvalue weighted by Crippen LogP contribution is 2.21. The molecule has 8 nitrogen and oxygen atoms in total. The molecule has 8 heteroatoms. The Hall–Kier alpha value is -2.09. The summed E-state index contributed by atoms with van der Waals surface area (Å²) in [6.45, 7) is 5.48. The smallest absolute Gasteiger partial charge is 0.327 e. The van der Waals surface area contributed by atoms with E-state index >= 15 is 0 Å². The summed E-state index contributed by atoms with van der Waals surface area (Å²) >= 11 is 0. The molecule has 0 saturated carbocycles. The van der Waals surface area contributed by atoms with Gasteiger partial charge in [0.2, 0.25) is 0 Å². The third kappa shape index (κ3) is 4.12. The third-order valence-corrected chi connectivity index (χ3v) is 4.56. The molecule has 3 rings (SSSR count). The standard InChI is InChI=1S/C17H27N5O3/c1-3-6-11(2)25-16-20-14(18)13-15(21-16)22(17(23)19-13)9-4-7-12-8-5-10-24-12/h11-12H,3-10H2,1-2H3,(H,19,23)(H2,18,20,21)/t11-,12?/m1/s1. The second-order valence-electron chi connectivity index (χ2n) is 6.67. The number of imidazole rings is 1. The molecule has 3 N–H and O–H groups in total. The van der Waals surface area contributed by atoms with Gasteiger partial charge in [0.25, 0.3) is 0 Å². The Kier molecular flexibility index (Phi) is 5.57. The first kappa shape index (κ1) is 17.7. The van der Waals surface area contributed by atoms with Crippen LogP contribution < -0.4 is 16.2 Å². The van der Waals surface area contributed by atoms with Crippen LogP contribution in [0.25, 0.3) is 11.2 Å². The SMILES string of the molecule is CCC[C@@H](C)Oc1nc(N)c2[nH]c(=O)n(CCCC3CCCO3)c2n1. The number of ether oxygens (including phenoxy) is 2. The molecule has 25 heavy (non-hydrogen) atoms. The number of H-pyrrole nitrogens is 1. The molecule has 138 valence electrons. The summed E-state index contributed by atoms with van der Waals surface area (Å²) in [5.41, 5.74) is 6.74. The van der Waals surface area contributed by atoms with Crippen molar-refractivity contribution in [1.29, 1.82) is 0 Å². The average molecular weight is 349 g/mol. The highest BCUT2D eigenvalue weighted by molar-refractivity contribution is 5.81. The van der Waals surface area contributed by atoms with Gasteiger partial charge in [0.15, 0.2) is 11.5 Å². The van der Waals surface area contributed by atoms with Gasteiger partial charge in [0.05, 0.1) is 12.2 Å². The summed E-state index contributed by atoms with van der Waals surface area (Å²) in [5.74, 6) is 0.235. The zero-order chi connectivity index (χ0) is 17.8. The molecule has 1 fully saturated rings. The second kappa shape index (κ2) is 7.86. The molecule has 2 aromatic heterocycles. The summed E-state index contributed by atoms with van der Waals surface area (Å²) in [6.07, 6.45) is 6.25. The van der Waals surface area contributed by atoms with Gasteiger partial charge in [-0.3, -0.25) is 4.57 Å². The molecule has 1 aliphatic rings. The average Bonchev–Trinajstić information content (AvgIpc) is 3.17. The van der Waals surface area contributed by atoms with Crippen molar-refractivity contribution in [3.8, 4) is 6.01 Å². The Labute approximate surface area is 146 Å². The van der Waals surface area contributed by atoms with E-state index in [4.69, 9.17) is 15.2 Å². The molecule has 0 radical (unpaired) electrons. The van der Waals surface area contributed by atoms with Crippen molar-refractivity contribution in [1.82, 2.24) is 19.5 Å². The maximum absolute atomic E-state index is 12.3. The van der Waals surface area contributed by atoms with Crippen LogP contribution in [0.15, 0.2) is 4.79 Å². The van der Waals surface area contributed by atoms with Crippen LogP contribution in [0, 0.1) is 0 Å². The molecule has 0 bridgehead atoms. The first-order chi connectivity index (χ1) is 12.1. The monoisotopic (exact) mass is 349 g/mol. The van der Waals surface area contributed by atoms with Gasteiger partial charge in [-0.25, -0.2) is 4.79 Å². The van der Waals surface area contributed by atoms with Gasteiger partial charge in [-0.2, -0.15) is 9.97 Å². The van der Waals surface area contributed by atoms with Crippen molar-refractivity contribution in [2.75, 3.05) is 12.3 Å². The fourth-order valence-electron chi connectivity index (χ4n) is 3.29. The number of aryl methyl sites for hydroxylation is 1. The summed E-state index contributed by atoms with van der Waals surface area (Å²) in [6, 6.07) is 0.220. The van der Waals surface area contributed by atoms with E-state index in [2.05, 4.69) is 21.9 Å². The Morgan fingerprint density at radius 1 is 1.48 bits per heavy atom. The molecular formula is C17H27N5O3. The van der Waals surface area contributed by atoms with Crippen molar-refractivity contribution >= 4 is 17.0 Å². The highest BCUT2D eigenvalue weighted by Gasteiger charge is 2.18.